The van der Waals surface area contributed by atoms with Crippen molar-refractivity contribution in [3.8, 4) is 0 Å². The van der Waals surface area contributed by atoms with Crippen LogP contribution >= 0.6 is 11.8 Å². The second kappa shape index (κ2) is 4.84. The molecule has 2 fully saturated rings. The Morgan fingerprint density at radius 2 is 2.14 bits per heavy atom. The molecule has 14 heavy (non-hydrogen) atoms. The van der Waals surface area contributed by atoms with Crippen LogP contribution in [0.5, 0.6) is 0 Å². The first-order valence-electron chi connectivity index (χ1n) is 5.39. The fraction of sp³-hybridized carbons (Fsp3) is 1.00. The topological polar surface area (TPSA) is 32.7 Å². The molecule has 2 rings (SSSR count). The van der Waals surface area contributed by atoms with Crippen molar-refractivity contribution >= 4 is 11.8 Å². The molecular weight excluding hydrogens is 198 g/mol. The molecule has 0 aromatic heterocycles. The molecule has 0 aromatic carbocycles. The fourth-order valence-electron chi connectivity index (χ4n) is 2.14. The average molecular weight is 217 g/mol. The van der Waals surface area contributed by atoms with E-state index in [1.807, 2.05) is 11.8 Å². The smallest absolute Gasteiger partial charge is 0.0864 e. The van der Waals surface area contributed by atoms with E-state index in [0.29, 0.717) is 0 Å². The number of nitrogens with zero attached hydrogens (tertiary/aromatic N) is 1. The van der Waals surface area contributed by atoms with Gasteiger partial charge in [0.25, 0.3) is 0 Å². The molecule has 0 radical (unpaired) electrons. The van der Waals surface area contributed by atoms with E-state index in [2.05, 4.69) is 4.90 Å². The lowest BCUT2D eigenvalue weighted by Gasteiger charge is -2.38. The lowest BCUT2D eigenvalue weighted by atomic mass is 9.99. The van der Waals surface area contributed by atoms with Gasteiger partial charge >= 0.3 is 0 Å². The zero-order chi connectivity index (χ0) is 9.86. The highest BCUT2D eigenvalue weighted by molar-refractivity contribution is 7.99. The van der Waals surface area contributed by atoms with Gasteiger partial charge in [-0.25, -0.2) is 0 Å². The number of β-amino-alcohol motifs (C(OH)–C–C–N with tert-alkyl or cyclic N) is 1. The van der Waals surface area contributed by atoms with Gasteiger partial charge in [0.1, 0.15) is 0 Å². The summed E-state index contributed by atoms with van der Waals surface area (Å²) in [5.74, 6) is 2.12. The number of morpholine rings is 1. The highest BCUT2D eigenvalue weighted by Crippen LogP contribution is 2.27. The number of hydrogen-bond acceptors (Lipinski definition) is 4. The Morgan fingerprint density at radius 3 is 2.79 bits per heavy atom. The second-order valence-electron chi connectivity index (χ2n) is 4.27. The number of aliphatic hydroxyl groups is 1. The molecule has 4 heteroatoms. The molecule has 0 amide bonds. The van der Waals surface area contributed by atoms with Gasteiger partial charge in [0.2, 0.25) is 0 Å². The predicted molar refractivity (Wildman–Crippen MR) is 58.8 cm³/mol. The number of hydrogen-bond donors (Lipinski definition) is 1. The molecule has 2 aliphatic rings. The number of rotatable bonds is 2. The van der Waals surface area contributed by atoms with E-state index in [9.17, 15) is 5.11 Å². The number of thioether (sulfide) groups is 1. The van der Waals surface area contributed by atoms with Crippen LogP contribution in [-0.4, -0.2) is 60.0 Å². The van der Waals surface area contributed by atoms with Crippen LogP contribution < -0.4 is 0 Å². The molecule has 82 valence electrons. The highest BCUT2D eigenvalue weighted by atomic mass is 32.2. The molecule has 2 aliphatic heterocycles. The third kappa shape index (κ3) is 2.86. The minimum absolute atomic E-state index is 0.430. The molecule has 1 unspecified atom stereocenters. The largest absolute Gasteiger partial charge is 0.388 e. The van der Waals surface area contributed by atoms with Crippen molar-refractivity contribution in [3.63, 3.8) is 0 Å². The summed E-state index contributed by atoms with van der Waals surface area (Å²) < 4.78 is 5.29. The zero-order valence-corrected chi connectivity index (χ0v) is 9.39. The lowest BCUT2D eigenvalue weighted by molar-refractivity contribution is -0.0253. The molecule has 2 saturated heterocycles. The summed E-state index contributed by atoms with van der Waals surface area (Å²) in [6.45, 7) is 4.44. The summed E-state index contributed by atoms with van der Waals surface area (Å²) in [6, 6.07) is 0. The van der Waals surface area contributed by atoms with E-state index in [4.69, 9.17) is 4.74 Å². The van der Waals surface area contributed by atoms with Crippen LogP contribution in [0.2, 0.25) is 0 Å². The van der Waals surface area contributed by atoms with Crippen LogP contribution in [0.4, 0.5) is 0 Å². The molecule has 0 aromatic rings. The monoisotopic (exact) mass is 217 g/mol. The zero-order valence-electron chi connectivity index (χ0n) is 8.57. The fourth-order valence-corrected chi connectivity index (χ4v) is 3.25. The first-order chi connectivity index (χ1) is 6.79. The minimum Gasteiger partial charge on any atom is -0.388 e. The summed E-state index contributed by atoms with van der Waals surface area (Å²) in [7, 11) is 0. The first-order valence-corrected chi connectivity index (χ1v) is 6.54. The van der Waals surface area contributed by atoms with Gasteiger partial charge in [-0.3, -0.25) is 4.90 Å². The average Bonchev–Trinajstić information content (AvgIpc) is 2.19. The summed E-state index contributed by atoms with van der Waals surface area (Å²) in [5, 5.41) is 10.3. The summed E-state index contributed by atoms with van der Waals surface area (Å²) >= 11 is 1.88. The van der Waals surface area contributed by atoms with E-state index in [-0.39, 0.29) is 0 Å². The van der Waals surface area contributed by atoms with Gasteiger partial charge in [-0.15, -0.1) is 0 Å². The Kier molecular flexibility index (Phi) is 3.71. The van der Waals surface area contributed by atoms with Crippen molar-refractivity contribution in [1.82, 2.24) is 4.90 Å². The van der Waals surface area contributed by atoms with Crippen LogP contribution in [0, 0.1) is 0 Å². The minimum atomic E-state index is -0.430. The van der Waals surface area contributed by atoms with Crippen molar-refractivity contribution in [2.45, 2.75) is 18.4 Å². The summed E-state index contributed by atoms with van der Waals surface area (Å²) in [6.07, 6.45) is 2.13. The van der Waals surface area contributed by atoms with Gasteiger partial charge in [0, 0.05) is 25.4 Å². The van der Waals surface area contributed by atoms with Crippen molar-refractivity contribution in [2.24, 2.45) is 0 Å². The summed E-state index contributed by atoms with van der Waals surface area (Å²) in [5.41, 5.74) is -0.430. The Labute approximate surface area is 89.8 Å². The molecule has 1 atom stereocenters. The summed E-state index contributed by atoms with van der Waals surface area (Å²) in [4.78, 5) is 2.33. The van der Waals surface area contributed by atoms with E-state index in [1.165, 1.54) is 5.75 Å². The third-order valence-electron chi connectivity index (χ3n) is 2.92. The first kappa shape index (κ1) is 10.7. The van der Waals surface area contributed by atoms with Crippen molar-refractivity contribution < 1.29 is 9.84 Å². The second-order valence-corrected chi connectivity index (χ2v) is 5.37. The lowest BCUT2D eigenvalue weighted by Crippen LogP contribution is -2.49. The molecule has 1 N–H and O–H groups in total. The Balaban J connectivity index is 1.81. The van der Waals surface area contributed by atoms with Crippen LogP contribution in [0.1, 0.15) is 12.8 Å². The molecular formula is C10H19NO2S. The molecule has 0 bridgehead atoms. The molecule has 2 heterocycles. The normalized spacial score (nSPS) is 35.8. The third-order valence-corrected chi connectivity index (χ3v) is 4.24. The maximum atomic E-state index is 10.3. The van der Waals surface area contributed by atoms with Crippen LogP contribution in [-0.2, 0) is 4.74 Å². The van der Waals surface area contributed by atoms with Gasteiger partial charge in [-0.05, 0) is 18.6 Å². The maximum absolute atomic E-state index is 10.3. The standard InChI is InChI=1S/C10H19NO2S/c12-10(2-1-7-14-9-10)8-11-3-5-13-6-4-11/h12H,1-9H2. The Bertz CT molecular complexity index is 177. The molecule has 0 saturated carbocycles. The van der Waals surface area contributed by atoms with E-state index in [0.717, 1.165) is 51.4 Å². The molecule has 3 nitrogen and oxygen atoms in total. The maximum Gasteiger partial charge on any atom is 0.0864 e. The van der Waals surface area contributed by atoms with E-state index < -0.39 is 5.60 Å². The molecule has 0 spiro atoms. The van der Waals surface area contributed by atoms with Crippen LogP contribution in [0.25, 0.3) is 0 Å². The predicted octanol–water partition coefficient (Wildman–Crippen LogP) is 0.577. The van der Waals surface area contributed by atoms with E-state index in [1.54, 1.807) is 0 Å². The van der Waals surface area contributed by atoms with Gasteiger partial charge in [-0.2, -0.15) is 11.8 Å². The van der Waals surface area contributed by atoms with Gasteiger partial charge in [-0.1, -0.05) is 0 Å². The van der Waals surface area contributed by atoms with Crippen LogP contribution in [0.3, 0.4) is 0 Å². The van der Waals surface area contributed by atoms with Crippen molar-refractivity contribution in [3.05, 3.63) is 0 Å². The van der Waals surface area contributed by atoms with Gasteiger partial charge < -0.3 is 9.84 Å². The number of ether oxygens (including phenoxy) is 1. The highest BCUT2D eigenvalue weighted by Gasteiger charge is 2.32. The van der Waals surface area contributed by atoms with Gasteiger partial charge in [0.05, 0.1) is 18.8 Å². The van der Waals surface area contributed by atoms with Crippen molar-refractivity contribution in [1.29, 1.82) is 0 Å². The van der Waals surface area contributed by atoms with Crippen molar-refractivity contribution in [2.75, 3.05) is 44.4 Å². The molecule has 0 aliphatic carbocycles. The van der Waals surface area contributed by atoms with Crippen LogP contribution in [0.15, 0.2) is 0 Å². The van der Waals surface area contributed by atoms with E-state index >= 15 is 0 Å². The van der Waals surface area contributed by atoms with Gasteiger partial charge in [0.15, 0.2) is 0 Å². The SMILES string of the molecule is OC1(CN2CCOCC2)CCCSC1. The quantitative estimate of drug-likeness (QED) is 0.733. The Morgan fingerprint density at radius 1 is 1.36 bits per heavy atom. The Hall–Kier alpha value is 0.230.